The van der Waals surface area contributed by atoms with Crippen LogP contribution in [0.1, 0.15) is 19.3 Å². The Balaban J connectivity index is 1.94. The smallest absolute Gasteiger partial charge is 0.309 e. The van der Waals surface area contributed by atoms with Crippen molar-refractivity contribution in [1.82, 2.24) is 14.9 Å². The fraction of sp³-hybridized carbons (Fsp3) is 0.500. The Morgan fingerprint density at radius 1 is 1.16 bits per heavy atom. The van der Waals surface area contributed by atoms with Gasteiger partial charge in [0.25, 0.3) is 0 Å². The maximum Gasteiger partial charge on any atom is 0.309 e. The zero-order valence-electron chi connectivity index (χ0n) is 13.8. The highest BCUT2D eigenvalue weighted by Crippen LogP contribution is 2.25. The van der Waals surface area contributed by atoms with Crippen molar-refractivity contribution in [2.45, 2.75) is 30.2 Å². The van der Waals surface area contributed by atoms with E-state index in [1.54, 1.807) is 18.2 Å². The standard InChI is InChI=1S/C16H23N3O5S/c20-11-5-9-17-15(21)16(22)18-12-13-6-4-10-19(13)25(23,24)14-7-2-1-3-8-14/h1-3,7-8,13,20H,4-6,9-12H2,(H,17,21)(H,18,22). The maximum atomic E-state index is 12.7. The van der Waals surface area contributed by atoms with E-state index in [0.717, 1.165) is 0 Å². The number of rotatable bonds is 7. The van der Waals surface area contributed by atoms with Gasteiger partial charge in [0.2, 0.25) is 10.0 Å². The topological polar surface area (TPSA) is 116 Å². The number of amides is 2. The summed E-state index contributed by atoms with van der Waals surface area (Å²) in [5.41, 5.74) is 0. The first-order valence-corrected chi connectivity index (χ1v) is 9.64. The molecule has 0 aromatic heterocycles. The third kappa shape index (κ3) is 5.00. The average Bonchev–Trinajstić information content (AvgIpc) is 3.10. The second-order valence-corrected chi connectivity index (χ2v) is 7.66. The third-order valence-corrected chi connectivity index (χ3v) is 5.96. The van der Waals surface area contributed by atoms with Crippen molar-refractivity contribution in [2.75, 3.05) is 26.2 Å². The normalized spacial score (nSPS) is 18.0. The minimum atomic E-state index is -3.62. The second kappa shape index (κ2) is 8.93. The van der Waals surface area contributed by atoms with Gasteiger partial charge in [-0.3, -0.25) is 9.59 Å². The van der Waals surface area contributed by atoms with E-state index in [1.807, 2.05) is 0 Å². The molecule has 1 saturated heterocycles. The summed E-state index contributed by atoms with van der Waals surface area (Å²) in [5.74, 6) is -1.59. The van der Waals surface area contributed by atoms with Gasteiger partial charge in [0.05, 0.1) is 4.90 Å². The van der Waals surface area contributed by atoms with Crippen LogP contribution < -0.4 is 10.6 Å². The van der Waals surface area contributed by atoms with Crippen molar-refractivity contribution >= 4 is 21.8 Å². The highest BCUT2D eigenvalue weighted by molar-refractivity contribution is 7.89. The number of nitrogens with zero attached hydrogens (tertiary/aromatic N) is 1. The molecule has 25 heavy (non-hydrogen) atoms. The largest absolute Gasteiger partial charge is 0.396 e. The molecule has 3 N–H and O–H groups in total. The molecule has 0 spiro atoms. The van der Waals surface area contributed by atoms with Gasteiger partial charge in [-0.25, -0.2) is 8.42 Å². The zero-order chi connectivity index (χ0) is 18.3. The van der Waals surface area contributed by atoms with E-state index in [2.05, 4.69) is 10.6 Å². The Kier molecular flexibility index (Phi) is 6.91. The molecule has 8 nitrogen and oxygen atoms in total. The maximum absolute atomic E-state index is 12.7. The van der Waals surface area contributed by atoms with Crippen molar-refractivity contribution in [3.8, 4) is 0 Å². The van der Waals surface area contributed by atoms with Gasteiger partial charge in [0, 0.05) is 32.3 Å². The van der Waals surface area contributed by atoms with Crippen LogP contribution in [-0.2, 0) is 19.6 Å². The van der Waals surface area contributed by atoms with Crippen LogP contribution in [0.25, 0.3) is 0 Å². The first-order valence-electron chi connectivity index (χ1n) is 8.20. The predicted octanol–water partition coefficient (Wildman–Crippen LogP) is -0.545. The van der Waals surface area contributed by atoms with Gasteiger partial charge in [-0.05, 0) is 31.4 Å². The molecular formula is C16H23N3O5S. The number of aliphatic hydroxyl groups is 1. The first-order chi connectivity index (χ1) is 12.0. The van der Waals surface area contributed by atoms with Crippen LogP contribution in [0.3, 0.4) is 0 Å². The summed E-state index contributed by atoms with van der Waals surface area (Å²) < 4.78 is 26.8. The number of nitrogens with one attached hydrogen (secondary N) is 2. The van der Waals surface area contributed by atoms with E-state index in [-0.39, 0.29) is 30.6 Å². The summed E-state index contributed by atoms with van der Waals surface area (Å²) in [5, 5.41) is 13.5. The lowest BCUT2D eigenvalue weighted by Crippen LogP contribution is -2.47. The molecule has 1 aliphatic heterocycles. The van der Waals surface area contributed by atoms with Crippen LogP contribution in [0.15, 0.2) is 35.2 Å². The van der Waals surface area contributed by atoms with Crippen LogP contribution in [0.4, 0.5) is 0 Å². The van der Waals surface area contributed by atoms with Crippen LogP contribution in [0, 0.1) is 0 Å². The molecule has 0 saturated carbocycles. The summed E-state index contributed by atoms with van der Waals surface area (Å²) in [6, 6.07) is 7.78. The molecule has 1 fully saturated rings. The average molecular weight is 369 g/mol. The van der Waals surface area contributed by atoms with E-state index in [1.165, 1.54) is 16.4 Å². The van der Waals surface area contributed by atoms with E-state index < -0.39 is 21.8 Å². The molecule has 1 aliphatic rings. The van der Waals surface area contributed by atoms with E-state index >= 15 is 0 Å². The number of hydrogen-bond acceptors (Lipinski definition) is 5. The number of benzene rings is 1. The fourth-order valence-electron chi connectivity index (χ4n) is 2.71. The van der Waals surface area contributed by atoms with E-state index in [4.69, 9.17) is 5.11 Å². The molecule has 1 aromatic rings. The summed E-state index contributed by atoms with van der Waals surface area (Å²) in [6.07, 6.45) is 1.69. The summed E-state index contributed by atoms with van der Waals surface area (Å²) in [4.78, 5) is 23.6. The van der Waals surface area contributed by atoms with E-state index in [0.29, 0.717) is 25.8 Å². The number of carbonyl (C=O) groups is 2. The summed E-state index contributed by atoms with van der Waals surface area (Å²) in [7, 11) is -3.62. The molecule has 2 rings (SSSR count). The van der Waals surface area contributed by atoms with Gasteiger partial charge in [-0.15, -0.1) is 0 Å². The molecule has 1 unspecified atom stereocenters. The quantitative estimate of drug-likeness (QED) is 0.441. The van der Waals surface area contributed by atoms with Gasteiger partial charge in [-0.1, -0.05) is 18.2 Å². The Hall–Kier alpha value is -1.97. The molecule has 1 atom stereocenters. The number of aliphatic hydroxyl groups excluding tert-OH is 1. The molecule has 2 amide bonds. The lowest BCUT2D eigenvalue weighted by Gasteiger charge is -2.24. The third-order valence-electron chi connectivity index (χ3n) is 4.00. The van der Waals surface area contributed by atoms with Crippen LogP contribution in [-0.4, -0.2) is 61.9 Å². The summed E-state index contributed by atoms with van der Waals surface area (Å²) >= 11 is 0. The highest BCUT2D eigenvalue weighted by atomic mass is 32.2. The molecule has 0 aliphatic carbocycles. The van der Waals surface area contributed by atoms with Gasteiger partial charge in [0.15, 0.2) is 0 Å². The van der Waals surface area contributed by atoms with Crippen molar-refractivity contribution in [1.29, 1.82) is 0 Å². The molecule has 1 aromatic carbocycles. The SMILES string of the molecule is O=C(NCCCO)C(=O)NCC1CCCN1S(=O)(=O)c1ccccc1. The predicted molar refractivity (Wildman–Crippen MR) is 91.1 cm³/mol. The monoisotopic (exact) mass is 369 g/mol. The zero-order valence-corrected chi connectivity index (χ0v) is 14.7. The van der Waals surface area contributed by atoms with Gasteiger partial charge in [-0.2, -0.15) is 4.31 Å². The van der Waals surface area contributed by atoms with Crippen LogP contribution >= 0.6 is 0 Å². The fourth-order valence-corrected chi connectivity index (χ4v) is 4.42. The number of carbonyl (C=O) groups excluding carboxylic acids is 2. The Morgan fingerprint density at radius 3 is 2.52 bits per heavy atom. The number of hydrogen-bond donors (Lipinski definition) is 3. The molecule has 9 heteroatoms. The number of sulfonamides is 1. The molecule has 138 valence electrons. The van der Waals surface area contributed by atoms with E-state index in [9.17, 15) is 18.0 Å². The Bertz CT molecular complexity index is 693. The highest BCUT2D eigenvalue weighted by Gasteiger charge is 2.35. The molecule has 0 radical (unpaired) electrons. The van der Waals surface area contributed by atoms with Crippen molar-refractivity contribution in [2.24, 2.45) is 0 Å². The Morgan fingerprint density at radius 2 is 1.84 bits per heavy atom. The first kappa shape index (κ1) is 19.4. The van der Waals surface area contributed by atoms with Crippen molar-refractivity contribution in [3.63, 3.8) is 0 Å². The van der Waals surface area contributed by atoms with Crippen molar-refractivity contribution in [3.05, 3.63) is 30.3 Å². The summed E-state index contributed by atoms with van der Waals surface area (Å²) in [6.45, 7) is 0.607. The lowest BCUT2D eigenvalue weighted by atomic mass is 10.2. The lowest BCUT2D eigenvalue weighted by molar-refractivity contribution is -0.139. The Labute approximate surface area is 147 Å². The van der Waals surface area contributed by atoms with Crippen LogP contribution in [0.2, 0.25) is 0 Å². The van der Waals surface area contributed by atoms with Gasteiger partial charge in [0.1, 0.15) is 0 Å². The molecular weight excluding hydrogens is 346 g/mol. The van der Waals surface area contributed by atoms with Gasteiger partial charge >= 0.3 is 11.8 Å². The second-order valence-electron chi connectivity index (χ2n) is 5.77. The molecule has 0 bridgehead atoms. The van der Waals surface area contributed by atoms with Crippen LogP contribution in [0.5, 0.6) is 0 Å². The van der Waals surface area contributed by atoms with Crippen molar-refractivity contribution < 1.29 is 23.1 Å². The minimum Gasteiger partial charge on any atom is -0.396 e. The molecule has 1 heterocycles. The van der Waals surface area contributed by atoms with Gasteiger partial charge < -0.3 is 15.7 Å². The minimum absolute atomic E-state index is 0.0731.